The normalized spacial score (nSPS) is 11.0. The number of amides is 1. The smallest absolute Gasteiger partial charge is 0.252 e. The Morgan fingerprint density at radius 1 is 1.38 bits per heavy atom. The van der Waals surface area contributed by atoms with Crippen LogP contribution in [0.4, 0.5) is 0 Å². The molecular weight excluding hydrogens is 328 g/mol. The van der Waals surface area contributed by atoms with E-state index in [0.29, 0.717) is 40.5 Å². The summed E-state index contributed by atoms with van der Waals surface area (Å²) in [6.45, 7) is 0.458. The maximum atomic E-state index is 12.1. The number of fused-ring (bicyclic) bond motifs is 1. The molecule has 0 unspecified atom stereocenters. The Labute approximate surface area is 144 Å². The van der Waals surface area contributed by atoms with Crippen LogP contribution in [0.25, 0.3) is 22.6 Å². The van der Waals surface area contributed by atoms with Crippen LogP contribution in [0, 0.1) is 0 Å². The molecular formula is C17H17ClN4O2. The van der Waals surface area contributed by atoms with Crippen molar-refractivity contribution in [2.24, 2.45) is 7.05 Å². The molecule has 3 aromatic rings. The van der Waals surface area contributed by atoms with Gasteiger partial charge in [-0.1, -0.05) is 23.7 Å². The quantitative estimate of drug-likeness (QED) is 0.696. The fraction of sp³-hybridized carbons (Fsp3) is 0.235. The van der Waals surface area contributed by atoms with E-state index in [0.717, 1.165) is 5.56 Å². The van der Waals surface area contributed by atoms with Gasteiger partial charge in [-0.25, -0.2) is 9.97 Å². The van der Waals surface area contributed by atoms with Gasteiger partial charge in [0.05, 0.1) is 10.6 Å². The van der Waals surface area contributed by atoms with E-state index >= 15 is 0 Å². The van der Waals surface area contributed by atoms with Gasteiger partial charge in [0.2, 0.25) is 0 Å². The number of aromatic nitrogens is 3. The highest BCUT2D eigenvalue weighted by Gasteiger charge is 2.15. The summed E-state index contributed by atoms with van der Waals surface area (Å²) >= 11 is 6.25. The second-order valence-corrected chi connectivity index (χ2v) is 5.78. The molecule has 0 aliphatic rings. The Morgan fingerprint density at radius 3 is 2.92 bits per heavy atom. The van der Waals surface area contributed by atoms with Gasteiger partial charge in [0.1, 0.15) is 11.3 Å². The Hall–Kier alpha value is -2.44. The van der Waals surface area contributed by atoms with Gasteiger partial charge in [-0.2, -0.15) is 0 Å². The summed E-state index contributed by atoms with van der Waals surface area (Å²) in [7, 11) is 1.86. The molecule has 0 atom stereocenters. The van der Waals surface area contributed by atoms with Gasteiger partial charge in [-0.05, 0) is 24.6 Å². The summed E-state index contributed by atoms with van der Waals surface area (Å²) in [5, 5.41) is 12.1. The molecule has 24 heavy (non-hydrogen) atoms. The Kier molecular flexibility index (Phi) is 4.78. The maximum absolute atomic E-state index is 12.1. The van der Waals surface area contributed by atoms with Crippen LogP contribution in [0.2, 0.25) is 5.02 Å². The SMILES string of the molecule is Cn1c(-c2ccccc2Cl)nc2cc(C(=O)NCCCO)cnc21. The van der Waals surface area contributed by atoms with Crippen molar-refractivity contribution in [3.63, 3.8) is 0 Å². The third kappa shape index (κ3) is 3.11. The minimum absolute atomic E-state index is 0.0407. The third-order valence-electron chi connectivity index (χ3n) is 3.71. The molecule has 0 bridgehead atoms. The topological polar surface area (TPSA) is 80.0 Å². The van der Waals surface area contributed by atoms with Crippen LogP contribution < -0.4 is 5.32 Å². The first kappa shape index (κ1) is 16.4. The van der Waals surface area contributed by atoms with Crippen molar-refractivity contribution in [2.45, 2.75) is 6.42 Å². The van der Waals surface area contributed by atoms with Crippen molar-refractivity contribution in [1.29, 1.82) is 0 Å². The number of rotatable bonds is 5. The van der Waals surface area contributed by atoms with Gasteiger partial charge in [0.15, 0.2) is 5.65 Å². The minimum Gasteiger partial charge on any atom is -0.396 e. The molecule has 0 saturated heterocycles. The predicted molar refractivity (Wildman–Crippen MR) is 93.0 cm³/mol. The maximum Gasteiger partial charge on any atom is 0.252 e. The molecule has 2 aromatic heterocycles. The van der Waals surface area contributed by atoms with Crippen LogP contribution in [0.5, 0.6) is 0 Å². The number of carbonyl (C=O) groups is 1. The lowest BCUT2D eigenvalue weighted by Gasteiger charge is -2.04. The van der Waals surface area contributed by atoms with Crippen molar-refractivity contribution in [3.8, 4) is 11.4 Å². The van der Waals surface area contributed by atoms with Crippen molar-refractivity contribution in [3.05, 3.63) is 47.1 Å². The van der Waals surface area contributed by atoms with E-state index in [1.807, 2.05) is 35.9 Å². The number of imidazole rings is 1. The van der Waals surface area contributed by atoms with Crippen LogP contribution in [0.3, 0.4) is 0 Å². The first-order valence-corrected chi connectivity index (χ1v) is 7.96. The fourth-order valence-electron chi connectivity index (χ4n) is 2.47. The molecule has 0 saturated carbocycles. The average molecular weight is 345 g/mol. The molecule has 0 spiro atoms. The standard InChI is InChI=1S/C17H17ClN4O2/c1-22-15(12-5-2-3-6-13(12)18)21-14-9-11(10-20-16(14)22)17(24)19-7-4-8-23/h2-3,5-6,9-10,23H,4,7-8H2,1H3,(H,19,24). The summed E-state index contributed by atoms with van der Waals surface area (Å²) in [6.07, 6.45) is 2.04. The van der Waals surface area contributed by atoms with E-state index in [9.17, 15) is 4.79 Å². The zero-order valence-corrected chi connectivity index (χ0v) is 13.9. The monoisotopic (exact) mass is 344 g/mol. The van der Waals surface area contributed by atoms with E-state index in [4.69, 9.17) is 16.7 Å². The highest BCUT2D eigenvalue weighted by Crippen LogP contribution is 2.28. The number of benzene rings is 1. The van der Waals surface area contributed by atoms with Crippen LogP contribution in [0.1, 0.15) is 16.8 Å². The fourth-order valence-corrected chi connectivity index (χ4v) is 2.69. The molecule has 0 aliphatic carbocycles. The summed E-state index contributed by atoms with van der Waals surface area (Å²) in [5.41, 5.74) is 2.55. The zero-order chi connectivity index (χ0) is 17.1. The van der Waals surface area contributed by atoms with Gasteiger partial charge in [-0.15, -0.1) is 0 Å². The Balaban J connectivity index is 1.97. The third-order valence-corrected chi connectivity index (χ3v) is 4.04. The average Bonchev–Trinajstić information content (AvgIpc) is 2.91. The van der Waals surface area contributed by atoms with Crippen molar-refractivity contribution in [1.82, 2.24) is 19.9 Å². The molecule has 1 amide bonds. The molecule has 0 radical (unpaired) electrons. The number of pyridine rings is 1. The first-order valence-electron chi connectivity index (χ1n) is 7.58. The van der Waals surface area contributed by atoms with Gasteiger partial charge in [0.25, 0.3) is 5.91 Å². The molecule has 3 rings (SSSR count). The lowest BCUT2D eigenvalue weighted by atomic mass is 10.2. The lowest BCUT2D eigenvalue weighted by Crippen LogP contribution is -2.25. The molecule has 0 aliphatic heterocycles. The Morgan fingerprint density at radius 2 is 2.17 bits per heavy atom. The first-order chi connectivity index (χ1) is 11.6. The van der Waals surface area contributed by atoms with Gasteiger partial charge >= 0.3 is 0 Å². The summed E-state index contributed by atoms with van der Waals surface area (Å²) in [6, 6.07) is 9.17. The minimum atomic E-state index is -0.234. The number of aliphatic hydroxyl groups excluding tert-OH is 1. The van der Waals surface area contributed by atoms with E-state index < -0.39 is 0 Å². The highest BCUT2D eigenvalue weighted by molar-refractivity contribution is 6.33. The number of hydrogen-bond acceptors (Lipinski definition) is 4. The number of hydrogen-bond donors (Lipinski definition) is 2. The van der Waals surface area contributed by atoms with Crippen molar-refractivity contribution < 1.29 is 9.90 Å². The van der Waals surface area contributed by atoms with Gasteiger partial charge in [0, 0.05) is 32.0 Å². The summed E-state index contributed by atoms with van der Waals surface area (Å²) in [4.78, 5) is 21.0. The van der Waals surface area contributed by atoms with E-state index in [2.05, 4.69) is 15.3 Å². The van der Waals surface area contributed by atoms with Crippen LogP contribution >= 0.6 is 11.6 Å². The van der Waals surface area contributed by atoms with E-state index in [1.54, 1.807) is 6.07 Å². The Bertz CT molecular complexity index is 891. The molecule has 7 heteroatoms. The number of nitrogens with one attached hydrogen (secondary N) is 1. The van der Waals surface area contributed by atoms with Crippen molar-refractivity contribution >= 4 is 28.7 Å². The molecule has 2 N–H and O–H groups in total. The number of carbonyl (C=O) groups excluding carboxylic acids is 1. The van der Waals surface area contributed by atoms with Crippen molar-refractivity contribution in [2.75, 3.05) is 13.2 Å². The van der Waals surface area contributed by atoms with Crippen LogP contribution in [-0.4, -0.2) is 38.7 Å². The molecule has 2 heterocycles. The number of aryl methyl sites for hydroxylation is 1. The second kappa shape index (κ2) is 6.98. The molecule has 1 aromatic carbocycles. The highest BCUT2D eigenvalue weighted by atomic mass is 35.5. The number of aliphatic hydroxyl groups is 1. The number of halogens is 1. The van der Waals surface area contributed by atoms with Gasteiger partial charge < -0.3 is 15.0 Å². The second-order valence-electron chi connectivity index (χ2n) is 5.37. The van der Waals surface area contributed by atoms with Gasteiger partial charge in [-0.3, -0.25) is 4.79 Å². The molecule has 124 valence electrons. The largest absolute Gasteiger partial charge is 0.396 e. The predicted octanol–water partition coefficient (Wildman–Crippen LogP) is 2.40. The lowest BCUT2D eigenvalue weighted by molar-refractivity contribution is 0.0951. The van der Waals surface area contributed by atoms with Crippen LogP contribution in [-0.2, 0) is 7.05 Å². The number of nitrogens with zero attached hydrogens (tertiary/aromatic N) is 3. The summed E-state index contributed by atoms with van der Waals surface area (Å²) in [5.74, 6) is 0.462. The van der Waals surface area contributed by atoms with Crippen LogP contribution in [0.15, 0.2) is 36.5 Å². The van der Waals surface area contributed by atoms with E-state index in [1.165, 1.54) is 6.20 Å². The zero-order valence-electron chi connectivity index (χ0n) is 13.2. The van der Waals surface area contributed by atoms with E-state index in [-0.39, 0.29) is 12.5 Å². The molecule has 6 nitrogen and oxygen atoms in total. The summed E-state index contributed by atoms with van der Waals surface area (Å²) < 4.78 is 1.85. The molecule has 0 fully saturated rings.